The van der Waals surface area contributed by atoms with Crippen molar-refractivity contribution in [2.45, 2.75) is 32.7 Å². The summed E-state index contributed by atoms with van der Waals surface area (Å²) in [5.41, 5.74) is 0.496. The molecule has 1 aromatic carbocycles. The van der Waals surface area contributed by atoms with Gasteiger partial charge in [0.2, 0.25) is 11.7 Å². The highest BCUT2D eigenvalue weighted by molar-refractivity contribution is 5.94. The van der Waals surface area contributed by atoms with Gasteiger partial charge in [0.25, 0.3) is 5.91 Å². The first-order valence-corrected chi connectivity index (χ1v) is 9.22. The van der Waals surface area contributed by atoms with Crippen molar-refractivity contribution in [3.63, 3.8) is 0 Å². The Morgan fingerprint density at radius 3 is 2.85 bits per heavy atom. The molecular formula is C20H22FN3O3. The van der Waals surface area contributed by atoms with Crippen molar-refractivity contribution in [2.24, 2.45) is 5.41 Å². The molecule has 2 amide bonds. The molecule has 0 saturated carbocycles. The maximum absolute atomic E-state index is 14.0. The molecule has 142 valence electrons. The van der Waals surface area contributed by atoms with E-state index < -0.39 is 5.41 Å². The molecule has 2 saturated heterocycles. The van der Waals surface area contributed by atoms with Crippen LogP contribution >= 0.6 is 0 Å². The van der Waals surface area contributed by atoms with Gasteiger partial charge in [0.15, 0.2) is 6.39 Å². The number of carbonyl (C=O) groups excluding carboxylic acids is 2. The van der Waals surface area contributed by atoms with Crippen LogP contribution in [0.3, 0.4) is 0 Å². The molecule has 0 unspecified atom stereocenters. The smallest absolute Gasteiger partial charge is 0.291 e. The molecule has 2 aliphatic rings. The van der Waals surface area contributed by atoms with E-state index in [2.05, 4.69) is 4.98 Å². The van der Waals surface area contributed by atoms with Crippen LogP contribution in [0.4, 0.5) is 4.39 Å². The molecule has 1 aromatic heterocycles. The predicted molar refractivity (Wildman–Crippen MR) is 95.2 cm³/mol. The Morgan fingerprint density at radius 1 is 1.30 bits per heavy atom. The van der Waals surface area contributed by atoms with E-state index in [4.69, 9.17) is 4.42 Å². The first-order valence-electron chi connectivity index (χ1n) is 9.22. The van der Waals surface area contributed by atoms with Crippen LogP contribution in [-0.4, -0.2) is 46.2 Å². The molecule has 2 fully saturated rings. The molecule has 3 heterocycles. The lowest BCUT2D eigenvalue weighted by atomic mass is 9.78. The molecule has 1 spiro atoms. The number of amides is 2. The van der Waals surface area contributed by atoms with Crippen molar-refractivity contribution in [1.82, 2.24) is 14.8 Å². The minimum Gasteiger partial charge on any atom is -0.438 e. The fraction of sp³-hybridized carbons (Fsp3) is 0.450. The van der Waals surface area contributed by atoms with E-state index in [0.29, 0.717) is 37.3 Å². The number of nitrogens with zero attached hydrogens (tertiary/aromatic N) is 3. The van der Waals surface area contributed by atoms with Gasteiger partial charge in [0, 0.05) is 31.7 Å². The number of rotatable bonds is 3. The second-order valence-electron chi connectivity index (χ2n) is 7.45. The van der Waals surface area contributed by atoms with E-state index in [1.807, 2.05) is 0 Å². The van der Waals surface area contributed by atoms with Crippen molar-refractivity contribution in [3.05, 3.63) is 53.5 Å². The van der Waals surface area contributed by atoms with Gasteiger partial charge in [-0.05, 0) is 32.3 Å². The summed E-state index contributed by atoms with van der Waals surface area (Å²) in [5, 5.41) is 0. The number of aromatic nitrogens is 1. The molecule has 2 aliphatic heterocycles. The molecular weight excluding hydrogens is 349 g/mol. The summed E-state index contributed by atoms with van der Waals surface area (Å²) in [6.07, 6.45) is 3.48. The van der Waals surface area contributed by atoms with Gasteiger partial charge in [-0.25, -0.2) is 9.37 Å². The molecule has 4 rings (SSSR count). The first-order chi connectivity index (χ1) is 13.0. The number of benzene rings is 1. The van der Waals surface area contributed by atoms with Crippen LogP contribution in [0.25, 0.3) is 0 Å². The lowest BCUT2D eigenvalue weighted by Gasteiger charge is -2.39. The normalized spacial score (nSPS) is 22.7. The second kappa shape index (κ2) is 6.79. The summed E-state index contributed by atoms with van der Waals surface area (Å²) in [5.74, 6) is -0.269. The predicted octanol–water partition coefficient (Wildman–Crippen LogP) is 2.78. The molecule has 1 atom stereocenters. The third-order valence-electron chi connectivity index (χ3n) is 5.72. The van der Waals surface area contributed by atoms with E-state index in [0.717, 1.165) is 12.8 Å². The van der Waals surface area contributed by atoms with Gasteiger partial charge >= 0.3 is 0 Å². The Balaban J connectivity index is 1.50. The van der Waals surface area contributed by atoms with Crippen LogP contribution in [0.1, 0.15) is 41.1 Å². The summed E-state index contributed by atoms with van der Waals surface area (Å²) in [4.78, 5) is 33.3. The van der Waals surface area contributed by atoms with Crippen LogP contribution in [0.5, 0.6) is 0 Å². The fourth-order valence-corrected chi connectivity index (χ4v) is 4.21. The molecule has 2 aromatic rings. The number of likely N-dealkylation sites (tertiary alicyclic amines) is 2. The van der Waals surface area contributed by atoms with Gasteiger partial charge in [0.1, 0.15) is 5.82 Å². The molecule has 0 radical (unpaired) electrons. The van der Waals surface area contributed by atoms with Crippen molar-refractivity contribution < 1.29 is 18.4 Å². The molecule has 6 nitrogen and oxygen atoms in total. The summed E-state index contributed by atoms with van der Waals surface area (Å²) >= 11 is 0. The zero-order valence-electron chi connectivity index (χ0n) is 15.3. The largest absolute Gasteiger partial charge is 0.438 e. The van der Waals surface area contributed by atoms with Gasteiger partial charge in [-0.3, -0.25) is 9.59 Å². The number of hydrogen-bond donors (Lipinski definition) is 0. The van der Waals surface area contributed by atoms with Gasteiger partial charge < -0.3 is 14.2 Å². The van der Waals surface area contributed by atoms with Gasteiger partial charge in [-0.15, -0.1) is 0 Å². The summed E-state index contributed by atoms with van der Waals surface area (Å²) in [6.45, 7) is 3.49. The minimum absolute atomic E-state index is 0.0154. The summed E-state index contributed by atoms with van der Waals surface area (Å²) < 4.78 is 19.2. The molecule has 0 bridgehead atoms. The van der Waals surface area contributed by atoms with Gasteiger partial charge in [-0.1, -0.05) is 18.2 Å². The third kappa shape index (κ3) is 3.11. The topological polar surface area (TPSA) is 66.7 Å². The Bertz CT molecular complexity index is 881. The molecule has 0 aliphatic carbocycles. The number of hydrogen-bond acceptors (Lipinski definition) is 4. The standard InChI is InChI=1S/C20H22FN3O3/c1-14-17(27-13-22-14)18(25)24-10-8-20(12-24)7-4-9-23(19(20)26)11-15-5-2-3-6-16(15)21/h2-3,5-6,13H,4,7-12H2,1H3/t20-/m0/s1. The molecule has 7 heteroatoms. The number of aryl methyl sites for hydroxylation is 1. The second-order valence-corrected chi connectivity index (χ2v) is 7.45. The van der Waals surface area contributed by atoms with E-state index in [-0.39, 0.29) is 29.9 Å². The minimum atomic E-state index is -0.576. The number of halogens is 1. The van der Waals surface area contributed by atoms with Crippen molar-refractivity contribution >= 4 is 11.8 Å². The zero-order chi connectivity index (χ0) is 19.0. The van der Waals surface area contributed by atoms with Crippen molar-refractivity contribution in [3.8, 4) is 0 Å². The van der Waals surface area contributed by atoms with Gasteiger partial charge in [-0.2, -0.15) is 0 Å². The first kappa shape index (κ1) is 17.7. The van der Waals surface area contributed by atoms with Crippen LogP contribution < -0.4 is 0 Å². The van der Waals surface area contributed by atoms with Crippen LogP contribution in [-0.2, 0) is 11.3 Å². The Morgan fingerprint density at radius 2 is 2.11 bits per heavy atom. The number of oxazole rings is 1. The van der Waals surface area contributed by atoms with Crippen LogP contribution in [0, 0.1) is 18.2 Å². The Kier molecular flexibility index (Phi) is 4.45. The van der Waals surface area contributed by atoms with Crippen molar-refractivity contribution in [1.29, 1.82) is 0 Å². The van der Waals surface area contributed by atoms with E-state index in [9.17, 15) is 14.0 Å². The SMILES string of the molecule is Cc1ncoc1C(=O)N1CC[C@@]2(CCCN(Cc3ccccc3F)C2=O)C1. The van der Waals surface area contributed by atoms with E-state index in [1.165, 1.54) is 12.5 Å². The van der Waals surface area contributed by atoms with E-state index >= 15 is 0 Å². The average Bonchev–Trinajstić information content (AvgIpc) is 3.28. The lowest BCUT2D eigenvalue weighted by molar-refractivity contribution is -0.146. The zero-order valence-corrected chi connectivity index (χ0v) is 15.3. The van der Waals surface area contributed by atoms with Crippen LogP contribution in [0.15, 0.2) is 35.1 Å². The highest BCUT2D eigenvalue weighted by Gasteiger charge is 2.49. The summed E-state index contributed by atoms with van der Waals surface area (Å²) in [7, 11) is 0. The van der Waals surface area contributed by atoms with Crippen LogP contribution in [0.2, 0.25) is 0 Å². The van der Waals surface area contributed by atoms with E-state index in [1.54, 1.807) is 34.9 Å². The highest BCUT2D eigenvalue weighted by atomic mass is 19.1. The maximum Gasteiger partial charge on any atom is 0.291 e. The quantitative estimate of drug-likeness (QED) is 0.832. The third-order valence-corrected chi connectivity index (χ3v) is 5.72. The summed E-state index contributed by atoms with van der Waals surface area (Å²) in [6, 6.07) is 6.54. The Hall–Kier alpha value is -2.70. The number of carbonyl (C=O) groups is 2. The highest BCUT2D eigenvalue weighted by Crippen LogP contribution is 2.41. The Labute approximate surface area is 157 Å². The lowest BCUT2D eigenvalue weighted by Crippen LogP contribution is -2.50. The number of piperidine rings is 1. The van der Waals surface area contributed by atoms with Crippen molar-refractivity contribution in [2.75, 3.05) is 19.6 Å². The maximum atomic E-state index is 14.0. The average molecular weight is 371 g/mol. The fourth-order valence-electron chi connectivity index (χ4n) is 4.21. The molecule has 27 heavy (non-hydrogen) atoms. The van der Waals surface area contributed by atoms with Gasteiger partial charge in [0.05, 0.1) is 11.1 Å². The molecule has 0 N–H and O–H groups in total. The monoisotopic (exact) mass is 371 g/mol.